The van der Waals surface area contributed by atoms with Crippen LogP contribution in [0.2, 0.25) is 0 Å². The van der Waals surface area contributed by atoms with Crippen LogP contribution in [0.15, 0.2) is 72.9 Å². The fourth-order valence-corrected chi connectivity index (χ4v) is 4.77. The Labute approximate surface area is 193 Å². The molecular formula is C28H36N4. The van der Waals surface area contributed by atoms with Gasteiger partial charge < -0.3 is 15.5 Å². The van der Waals surface area contributed by atoms with Crippen LogP contribution in [-0.2, 0) is 13.0 Å². The molecule has 1 fully saturated rings. The zero-order valence-corrected chi connectivity index (χ0v) is 19.4. The molecule has 0 radical (unpaired) electrons. The predicted molar refractivity (Wildman–Crippen MR) is 135 cm³/mol. The molecule has 1 saturated carbocycles. The first-order valence-corrected chi connectivity index (χ1v) is 11.9. The van der Waals surface area contributed by atoms with Gasteiger partial charge >= 0.3 is 0 Å². The van der Waals surface area contributed by atoms with Crippen LogP contribution in [0.25, 0.3) is 0 Å². The molecule has 0 amide bonds. The van der Waals surface area contributed by atoms with Crippen molar-refractivity contribution < 1.29 is 0 Å². The van der Waals surface area contributed by atoms with Gasteiger partial charge in [-0.2, -0.15) is 0 Å². The number of aromatic nitrogens is 1. The Balaban J connectivity index is 1.41. The summed E-state index contributed by atoms with van der Waals surface area (Å²) in [6, 6.07) is 24.9. The molecule has 4 nitrogen and oxygen atoms in total. The summed E-state index contributed by atoms with van der Waals surface area (Å²) in [5.41, 5.74) is 5.10. The number of pyridine rings is 1. The summed E-state index contributed by atoms with van der Waals surface area (Å²) in [6.07, 6.45) is 7.87. The molecule has 0 spiro atoms. The van der Waals surface area contributed by atoms with Crippen molar-refractivity contribution in [1.82, 2.24) is 10.3 Å². The van der Waals surface area contributed by atoms with Crippen LogP contribution in [0.1, 0.15) is 42.4 Å². The van der Waals surface area contributed by atoms with E-state index in [1.165, 1.54) is 42.4 Å². The third-order valence-corrected chi connectivity index (χ3v) is 6.71. The monoisotopic (exact) mass is 428 g/mol. The molecular weight excluding hydrogens is 392 g/mol. The summed E-state index contributed by atoms with van der Waals surface area (Å²) in [4.78, 5) is 7.40. The zero-order valence-electron chi connectivity index (χ0n) is 19.4. The van der Waals surface area contributed by atoms with Gasteiger partial charge in [0.25, 0.3) is 0 Å². The number of aryl methyl sites for hydroxylation is 1. The van der Waals surface area contributed by atoms with E-state index in [1.807, 2.05) is 13.2 Å². The maximum absolute atomic E-state index is 4.84. The van der Waals surface area contributed by atoms with E-state index in [0.29, 0.717) is 12.1 Å². The van der Waals surface area contributed by atoms with E-state index in [-0.39, 0.29) is 0 Å². The first kappa shape index (κ1) is 22.3. The van der Waals surface area contributed by atoms with E-state index in [0.717, 1.165) is 31.0 Å². The van der Waals surface area contributed by atoms with Gasteiger partial charge in [0.2, 0.25) is 0 Å². The van der Waals surface area contributed by atoms with Gasteiger partial charge in [0.05, 0.1) is 0 Å². The minimum atomic E-state index is 0.536. The second-order valence-corrected chi connectivity index (χ2v) is 8.91. The van der Waals surface area contributed by atoms with Gasteiger partial charge in [-0.3, -0.25) is 0 Å². The van der Waals surface area contributed by atoms with E-state index in [9.17, 15) is 0 Å². The van der Waals surface area contributed by atoms with Crippen molar-refractivity contribution in [2.45, 2.75) is 57.7 Å². The maximum atomic E-state index is 4.84. The minimum absolute atomic E-state index is 0.536. The maximum Gasteiger partial charge on any atom is 0.130 e. The SMILES string of the molecule is CNc1cc(N(CCc2ccccc2)C2CCC(NCc3ccccc3)CC2)ncc1C. The van der Waals surface area contributed by atoms with Gasteiger partial charge in [0.1, 0.15) is 5.82 Å². The van der Waals surface area contributed by atoms with Crippen molar-refractivity contribution in [1.29, 1.82) is 0 Å². The largest absolute Gasteiger partial charge is 0.388 e. The highest BCUT2D eigenvalue weighted by molar-refractivity contribution is 5.58. The number of benzene rings is 2. The lowest BCUT2D eigenvalue weighted by molar-refractivity contribution is 0.329. The number of anilines is 2. The molecule has 3 aromatic rings. The van der Waals surface area contributed by atoms with Crippen molar-refractivity contribution in [3.8, 4) is 0 Å². The zero-order chi connectivity index (χ0) is 22.2. The van der Waals surface area contributed by atoms with Crippen LogP contribution < -0.4 is 15.5 Å². The Hall–Kier alpha value is -2.85. The molecule has 4 heteroatoms. The van der Waals surface area contributed by atoms with Gasteiger partial charge in [0.15, 0.2) is 0 Å². The molecule has 0 atom stereocenters. The van der Waals surface area contributed by atoms with E-state index in [1.54, 1.807) is 0 Å². The smallest absolute Gasteiger partial charge is 0.130 e. The molecule has 0 aliphatic heterocycles. The Bertz CT molecular complexity index is 950. The van der Waals surface area contributed by atoms with Crippen LogP contribution in [0.5, 0.6) is 0 Å². The van der Waals surface area contributed by atoms with E-state index in [4.69, 9.17) is 4.98 Å². The first-order valence-electron chi connectivity index (χ1n) is 11.9. The van der Waals surface area contributed by atoms with Crippen LogP contribution in [-0.4, -0.2) is 30.7 Å². The molecule has 2 N–H and O–H groups in total. The van der Waals surface area contributed by atoms with Gasteiger partial charge in [-0.15, -0.1) is 0 Å². The fraction of sp³-hybridized carbons (Fsp3) is 0.393. The molecule has 32 heavy (non-hydrogen) atoms. The van der Waals surface area contributed by atoms with Crippen LogP contribution in [0, 0.1) is 6.92 Å². The lowest BCUT2D eigenvalue weighted by atomic mass is 9.89. The third kappa shape index (κ3) is 5.89. The van der Waals surface area contributed by atoms with E-state index in [2.05, 4.69) is 89.2 Å². The highest BCUT2D eigenvalue weighted by Crippen LogP contribution is 2.29. The summed E-state index contributed by atoms with van der Waals surface area (Å²) in [5.74, 6) is 1.09. The average Bonchev–Trinajstić information content (AvgIpc) is 2.85. The van der Waals surface area contributed by atoms with Gasteiger partial charge in [-0.05, 0) is 55.7 Å². The summed E-state index contributed by atoms with van der Waals surface area (Å²) in [6.45, 7) is 4.06. The van der Waals surface area contributed by atoms with Crippen LogP contribution in [0.3, 0.4) is 0 Å². The Kier molecular flexibility index (Phi) is 7.78. The molecule has 1 aliphatic carbocycles. The van der Waals surface area contributed by atoms with Gasteiger partial charge in [-0.1, -0.05) is 60.7 Å². The highest BCUT2D eigenvalue weighted by atomic mass is 15.2. The quantitative estimate of drug-likeness (QED) is 0.467. The average molecular weight is 429 g/mol. The highest BCUT2D eigenvalue weighted by Gasteiger charge is 2.27. The fourth-order valence-electron chi connectivity index (χ4n) is 4.77. The van der Waals surface area contributed by atoms with Crippen molar-refractivity contribution in [3.63, 3.8) is 0 Å². The molecule has 1 aliphatic rings. The lowest BCUT2D eigenvalue weighted by Crippen LogP contribution is -2.43. The Morgan fingerprint density at radius 2 is 1.56 bits per heavy atom. The Morgan fingerprint density at radius 1 is 0.906 bits per heavy atom. The standard InChI is InChI=1S/C28H36N4/c1-22-20-31-28(19-27(22)29-2)32(18-17-23-9-5-3-6-10-23)26-15-13-25(14-16-26)30-21-24-11-7-4-8-12-24/h3-12,19-20,25-26,30H,13-18,21H2,1-2H3,(H,29,31). The van der Waals surface area contributed by atoms with E-state index >= 15 is 0 Å². The molecule has 0 unspecified atom stereocenters. The number of hydrogen-bond acceptors (Lipinski definition) is 4. The molecule has 4 rings (SSSR count). The number of hydrogen-bond donors (Lipinski definition) is 2. The third-order valence-electron chi connectivity index (χ3n) is 6.71. The van der Waals surface area contributed by atoms with Crippen molar-refractivity contribution in [2.75, 3.05) is 23.8 Å². The van der Waals surface area contributed by atoms with Crippen LogP contribution in [0.4, 0.5) is 11.5 Å². The molecule has 1 heterocycles. The number of nitrogens with one attached hydrogen (secondary N) is 2. The molecule has 0 bridgehead atoms. The summed E-state index contributed by atoms with van der Waals surface area (Å²) in [5, 5.41) is 7.11. The van der Waals surface area contributed by atoms with Gasteiger partial charge in [-0.25, -0.2) is 4.98 Å². The Morgan fingerprint density at radius 3 is 2.22 bits per heavy atom. The first-order chi connectivity index (χ1) is 15.7. The minimum Gasteiger partial charge on any atom is -0.388 e. The van der Waals surface area contributed by atoms with E-state index < -0.39 is 0 Å². The molecule has 2 aromatic carbocycles. The normalized spacial score (nSPS) is 18.3. The topological polar surface area (TPSA) is 40.2 Å². The van der Waals surface area contributed by atoms with Crippen molar-refractivity contribution >= 4 is 11.5 Å². The van der Waals surface area contributed by atoms with Crippen LogP contribution >= 0.6 is 0 Å². The summed E-state index contributed by atoms with van der Waals surface area (Å²) >= 11 is 0. The lowest BCUT2D eigenvalue weighted by Gasteiger charge is -2.38. The molecule has 168 valence electrons. The number of nitrogens with zero attached hydrogens (tertiary/aromatic N) is 2. The van der Waals surface area contributed by atoms with Crippen molar-refractivity contribution in [3.05, 3.63) is 89.6 Å². The van der Waals surface area contributed by atoms with Crippen molar-refractivity contribution in [2.24, 2.45) is 0 Å². The second kappa shape index (κ2) is 11.1. The van der Waals surface area contributed by atoms with Gasteiger partial charge in [0, 0.05) is 50.2 Å². The second-order valence-electron chi connectivity index (χ2n) is 8.91. The summed E-state index contributed by atoms with van der Waals surface area (Å²) < 4.78 is 0. The number of rotatable bonds is 9. The molecule has 1 aromatic heterocycles. The predicted octanol–water partition coefficient (Wildman–Crippen LogP) is 5.58. The summed E-state index contributed by atoms with van der Waals surface area (Å²) in [7, 11) is 1.99. The molecule has 0 saturated heterocycles.